The van der Waals surface area contributed by atoms with Crippen LogP contribution in [0.25, 0.3) is 11.0 Å². The van der Waals surface area contributed by atoms with E-state index in [0.29, 0.717) is 22.6 Å². The average Bonchev–Trinajstić information content (AvgIpc) is 3.32. The second-order valence-corrected chi connectivity index (χ2v) is 7.74. The SMILES string of the molecule is Cc1cc(C(=O)NNC(=O)c2ccc(CSc3nc4ccccc4[nH]3)cc2)c(C)o1. The van der Waals surface area contributed by atoms with E-state index >= 15 is 0 Å². The molecule has 2 amide bonds. The number of fused-ring (bicyclic) bond motifs is 1. The van der Waals surface area contributed by atoms with Crippen LogP contribution in [0.4, 0.5) is 0 Å². The molecular weight excluding hydrogens is 400 g/mol. The Morgan fingerprint density at radius 1 is 1.03 bits per heavy atom. The maximum atomic E-state index is 12.3. The number of nitrogens with one attached hydrogen (secondary N) is 3. The van der Waals surface area contributed by atoms with E-state index in [9.17, 15) is 9.59 Å². The Morgan fingerprint density at radius 3 is 2.47 bits per heavy atom. The molecule has 4 rings (SSSR count). The van der Waals surface area contributed by atoms with Gasteiger partial charge in [0.15, 0.2) is 5.16 Å². The first-order chi connectivity index (χ1) is 14.5. The van der Waals surface area contributed by atoms with Crippen LogP contribution in [0.2, 0.25) is 0 Å². The first-order valence-corrected chi connectivity index (χ1v) is 10.3. The monoisotopic (exact) mass is 420 g/mol. The molecule has 152 valence electrons. The highest BCUT2D eigenvalue weighted by Gasteiger charge is 2.14. The highest BCUT2D eigenvalue weighted by molar-refractivity contribution is 7.98. The fourth-order valence-electron chi connectivity index (χ4n) is 3.01. The van der Waals surface area contributed by atoms with Gasteiger partial charge in [0.1, 0.15) is 11.5 Å². The van der Waals surface area contributed by atoms with Crippen molar-refractivity contribution >= 4 is 34.6 Å². The number of benzene rings is 2. The molecule has 0 unspecified atom stereocenters. The Kier molecular flexibility index (Phi) is 5.58. The fourth-order valence-corrected chi connectivity index (χ4v) is 3.85. The van der Waals surface area contributed by atoms with Crippen LogP contribution in [0.3, 0.4) is 0 Å². The molecule has 8 heteroatoms. The molecule has 2 aromatic heterocycles. The first-order valence-electron chi connectivity index (χ1n) is 9.34. The molecule has 30 heavy (non-hydrogen) atoms. The molecule has 3 N–H and O–H groups in total. The number of carbonyl (C=O) groups is 2. The molecule has 4 aromatic rings. The zero-order valence-corrected chi connectivity index (χ0v) is 17.3. The van der Waals surface area contributed by atoms with E-state index < -0.39 is 11.8 Å². The average molecular weight is 420 g/mol. The summed E-state index contributed by atoms with van der Waals surface area (Å²) in [6.07, 6.45) is 0. The summed E-state index contributed by atoms with van der Waals surface area (Å²) in [6, 6.07) is 16.7. The van der Waals surface area contributed by atoms with Crippen molar-refractivity contribution in [1.82, 2.24) is 20.8 Å². The molecule has 2 aromatic carbocycles. The second-order valence-electron chi connectivity index (χ2n) is 6.78. The quantitative estimate of drug-likeness (QED) is 0.333. The largest absolute Gasteiger partial charge is 0.466 e. The third-order valence-electron chi connectivity index (χ3n) is 4.53. The van der Waals surface area contributed by atoms with Crippen LogP contribution in [0.1, 0.15) is 37.8 Å². The summed E-state index contributed by atoms with van der Waals surface area (Å²) in [4.78, 5) is 32.3. The number of rotatable bonds is 5. The number of amides is 2. The van der Waals surface area contributed by atoms with Crippen LogP contribution < -0.4 is 10.9 Å². The van der Waals surface area contributed by atoms with Crippen molar-refractivity contribution in [2.45, 2.75) is 24.8 Å². The summed E-state index contributed by atoms with van der Waals surface area (Å²) in [5.74, 6) is 1.05. The van der Waals surface area contributed by atoms with Gasteiger partial charge in [0.25, 0.3) is 11.8 Å². The van der Waals surface area contributed by atoms with Crippen LogP contribution >= 0.6 is 11.8 Å². The summed E-state index contributed by atoms with van der Waals surface area (Å²) in [5, 5.41) is 0.852. The van der Waals surface area contributed by atoms with Gasteiger partial charge in [-0.05, 0) is 49.7 Å². The lowest BCUT2D eigenvalue weighted by Gasteiger charge is -2.07. The van der Waals surface area contributed by atoms with Gasteiger partial charge in [0.05, 0.1) is 16.6 Å². The number of nitrogens with zero attached hydrogens (tertiary/aromatic N) is 1. The molecule has 0 saturated carbocycles. The number of para-hydroxylation sites is 2. The second kappa shape index (κ2) is 8.46. The normalized spacial score (nSPS) is 10.9. The topological polar surface area (TPSA) is 100 Å². The molecule has 7 nitrogen and oxygen atoms in total. The number of furan rings is 1. The van der Waals surface area contributed by atoms with Crippen molar-refractivity contribution in [3.63, 3.8) is 0 Å². The van der Waals surface area contributed by atoms with Crippen molar-refractivity contribution < 1.29 is 14.0 Å². The Morgan fingerprint density at radius 2 is 1.77 bits per heavy atom. The van der Waals surface area contributed by atoms with Gasteiger partial charge in [-0.15, -0.1) is 0 Å². The number of hydrazine groups is 1. The van der Waals surface area contributed by atoms with Crippen LogP contribution in [-0.4, -0.2) is 21.8 Å². The Hall–Kier alpha value is -3.52. The maximum Gasteiger partial charge on any atom is 0.273 e. The minimum absolute atomic E-state index is 0.391. The standard InChI is InChI=1S/C22H20N4O3S/c1-13-11-17(14(2)29-13)21(28)26-25-20(27)16-9-7-15(8-10-16)12-30-22-23-18-5-3-4-6-19(18)24-22/h3-11H,12H2,1-2H3,(H,23,24)(H,25,27)(H,26,28). The van der Waals surface area contributed by atoms with Crippen LogP contribution in [0.15, 0.2) is 64.2 Å². The number of aromatic nitrogens is 2. The number of thioether (sulfide) groups is 1. The first kappa shape index (κ1) is 19.8. The van der Waals surface area contributed by atoms with Gasteiger partial charge in [-0.2, -0.15) is 0 Å². The number of carbonyl (C=O) groups excluding carboxylic acids is 2. The smallest absolute Gasteiger partial charge is 0.273 e. The van der Waals surface area contributed by atoms with Crippen molar-refractivity contribution in [3.8, 4) is 0 Å². The molecule has 0 bridgehead atoms. The van der Waals surface area contributed by atoms with Crippen molar-refractivity contribution in [2.75, 3.05) is 0 Å². The lowest BCUT2D eigenvalue weighted by atomic mass is 10.1. The molecule has 0 saturated heterocycles. The van der Waals surface area contributed by atoms with E-state index in [4.69, 9.17) is 4.42 Å². The minimum Gasteiger partial charge on any atom is -0.466 e. The van der Waals surface area contributed by atoms with Crippen LogP contribution in [0, 0.1) is 13.8 Å². The molecule has 0 aliphatic carbocycles. The van der Waals surface area contributed by atoms with Gasteiger partial charge in [-0.3, -0.25) is 20.4 Å². The lowest BCUT2D eigenvalue weighted by molar-refractivity contribution is 0.0845. The highest BCUT2D eigenvalue weighted by atomic mass is 32.2. The number of imidazole rings is 1. The van der Waals surface area contributed by atoms with Crippen molar-refractivity contribution in [3.05, 3.63) is 82.8 Å². The highest BCUT2D eigenvalue weighted by Crippen LogP contribution is 2.23. The van der Waals surface area contributed by atoms with Crippen LogP contribution in [-0.2, 0) is 5.75 Å². The van der Waals surface area contributed by atoms with Gasteiger partial charge in [-0.25, -0.2) is 4.98 Å². The summed E-state index contributed by atoms with van der Waals surface area (Å²) < 4.78 is 5.33. The summed E-state index contributed by atoms with van der Waals surface area (Å²) in [7, 11) is 0. The maximum absolute atomic E-state index is 12.3. The number of hydrogen-bond acceptors (Lipinski definition) is 5. The fraction of sp³-hybridized carbons (Fsp3) is 0.136. The number of H-pyrrole nitrogens is 1. The predicted octanol–water partition coefficient (Wildman–Crippen LogP) is 4.14. The van der Waals surface area contributed by atoms with E-state index in [0.717, 1.165) is 27.5 Å². The number of aryl methyl sites for hydroxylation is 2. The van der Waals surface area contributed by atoms with Gasteiger partial charge in [0.2, 0.25) is 0 Å². The predicted molar refractivity (Wildman–Crippen MR) is 115 cm³/mol. The summed E-state index contributed by atoms with van der Waals surface area (Å²) in [6.45, 7) is 3.46. The third kappa shape index (κ3) is 4.38. The number of aromatic amines is 1. The molecule has 0 spiro atoms. The van der Waals surface area contributed by atoms with E-state index in [1.807, 2.05) is 36.4 Å². The lowest BCUT2D eigenvalue weighted by Crippen LogP contribution is -2.41. The molecule has 0 atom stereocenters. The van der Waals surface area contributed by atoms with E-state index in [-0.39, 0.29) is 0 Å². The minimum atomic E-state index is -0.420. The van der Waals surface area contributed by atoms with Crippen molar-refractivity contribution in [1.29, 1.82) is 0 Å². The van der Waals surface area contributed by atoms with Gasteiger partial charge < -0.3 is 9.40 Å². The van der Waals surface area contributed by atoms with E-state index in [1.165, 1.54) is 0 Å². The molecule has 2 heterocycles. The van der Waals surface area contributed by atoms with E-state index in [1.54, 1.807) is 43.8 Å². The van der Waals surface area contributed by atoms with Crippen LogP contribution in [0.5, 0.6) is 0 Å². The zero-order chi connectivity index (χ0) is 21.1. The van der Waals surface area contributed by atoms with Gasteiger partial charge >= 0.3 is 0 Å². The third-order valence-corrected chi connectivity index (χ3v) is 5.48. The van der Waals surface area contributed by atoms with Crippen molar-refractivity contribution in [2.24, 2.45) is 0 Å². The van der Waals surface area contributed by atoms with E-state index in [2.05, 4.69) is 20.8 Å². The Labute approximate surface area is 177 Å². The summed E-state index contributed by atoms with van der Waals surface area (Å²) >= 11 is 1.60. The zero-order valence-electron chi connectivity index (χ0n) is 16.5. The Bertz CT molecular complexity index is 1180. The Balaban J connectivity index is 1.31. The molecule has 0 aliphatic heterocycles. The number of hydrogen-bond donors (Lipinski definition) is 3. The molecule has 0 aliphatic rings. The molecule has 0 radical (unpaired) electrons. The van der Waals surface area contributed by atoms with Gasteiger partial charge in [-0.1, -0.05) is 36.0 Å². The van der Waals surface area contributed by atoms with Gasteiger partial charge in [0, 0.05) is 11.3 Å². The molecular formula is C22H20N4O3S. The summed E-state index contributed by atoms with van der Waals surface area (Å²) in [5.41, 5.74) is 8.69. The molecule has 0 fully saturated rings.